The molecule has 3 amide bonds. The molecule has 2 aromatic carbocycles. The van der Waals surface area contributed by atoms with Crippen LogP contribution in [0, 0.1) is 22.0 Å². The lowest BCUT2D eigenvalue weighted by Crippen LogP contribution is -2.44. The zero-order chi connectivity index (χ0) is 25.8. The molecule has 11 nitrogen and oxygen atoms in total. The summed E-state index contributed by atoms with van der Waals surface area (Å²) in [6, 6.07) is 9.90. The van der Waals surface area contributed by atoms with Crippen LogP contribution in [-0.2, 0) is 16.6 Å². The van der Waals surface area contributed by atoms with Gasteiger partial charge in [-0.25, -0.2) is 4.79 Å². The van der Waals surface area contributed by atoms with E-state index in [2.05, 4.69) is 22.5 Å². The van der Waals surface area contributed by atoms with Crippen molar-refractivity contribution in [3.8, 4) is 11.8 Å². The number of hydrogen-bond acceptors (Lipinski definition) is 6. The van der Waals surface area contributed by atoms with Crippen LogP contribution < -0.4 is 16.3 Å². The van der Waals surface area contributed by atoms with Gasteiger partial charge in [-0.1, -0.05) is 17.9 Å². The Morgan fingerprint density at radius 1 is 1.19 bits per heavy atom. The molecular weight excluding hydrogens is 466 g/mol. The highest BCUT2D eigenvalue weighted by atomic mass is 16.6. The molecule has 11 heteroatoms. The number of non-ortho nitro benzene ring substituents is 1. The summed E-state index contributed by atoms with van der Waals surface area (Å²) in [4.78, 5) is 59.2. The van der Waals surface area contributed by atoms with E-state index in [-0.39, 0.29) is 36.0 Å². The van der Waals surface area contributed by atoms with Gasteiger partial charge in [0.2, 0.25) is 11.8 Å². The Hall–Kier alpha value is -4.72. The van der Waals surface area contributed by atoms with E-state index in [4.69, 9.17) is 0 Å². The lowest BCUT2D eigenvalue weighted by atomic mass is 10.1. The Balaban J connectivity index is 1.41. The van der Waals surface area contributed by atoms with Gasteiger partial charge in [0.05, 0.1) is 21.5 Å². The Labute approximate surface area is 205 Å². The number of nitrogens with zero attached hydrogens (tertiary/aromatic N) is 3. The number of imide groups is 1. The van der Waals surface area contributed by atoms with Crippen LogP contribution >= 0.6 is 0 Å². The van der Waals surface area contributed by atoms with Crippen molar-refractivity contribution in [1.29, 1.82) is 0 Å². The van der Waals surface area contributed by atoms with Crippen molar-refractivity contribution in [3.05, 3.63) is 74.2 Å². The molecule has 0 bridgehead atoms. The highest BCUT2D eigenvalue weighted by Crippen LogP contribution is 2.24. The molecule has 2 heterocycles. The Morgan fingerprint density at radius 3 is 2.64 bits per heavy atom. The minimum atomic E-state index is -0.763. The van der Waals surface area contributed by atoms with Gasteiger partial charge in [0.15, 0.2) is 0 Å². The second-order valence-electron chi connectivity index (χ2n) is 8.32. The van der Waals surface area contributed by atoms with E-state index in [1.807, 2.05) is 0 Å². The summed E-state index contributed by atoms with van der Waals surface area (Å²) >= 11 is 0. The Morgan fingerprint density at radius 2 is 1.94 bits per heavy atom. The molecule has 1 aliphatic heterocycles. The number of rotatable bonds is 6. The first-order valence-corrected chi connectivity index (χ1v) is 11.3. The molecule has 3 aromatic rings. The largest absolute Gasteiger partial charge is 0.352 e. The number of aryl methyl sites for hydroxylation is 1. The number of carbonyl (C=O) groups excluding carboxylic acids is 3. The summed E-state index contributed by atoms with van der Waals surface area (Å²) in [5.74, 6) is 4.96. The van der Waals surface area contributed by atoms with E-state index >= 15 is 0 Å². The van der Waals surface area contributed by atoms with Gasteiger partial charge in [0, 0.05) is 44.1 Å². The standard InChI is InChI=1S/C25H23N5O6/c1-28-22-16(6-3-2-4-15-26-23(32)17-9-11-18(12-10-17)30(35)36)7-5-8-19(22)29(25(28)34)20-13-14-21(31)27-24(20)33/h5,7-12,20H,2,4,13-15H2,1H3,(H,26,32)(H,27,31,33). The van der Waals surface area contributed by atoms with E-state index in [0.29, 0.717) is 41.5 Å². The third-order valence-electron chi connectivity index (χ3n) is 5.95. The minimum Gasteiger partial charge on any atom is -0.352 e. The first-order valence-electron chi connectivity index (χ1n) is 11.3. The van der Waals surface area contributed by atoms with Crippen LogP contribution in [0.1, 0.15) is 47.6 Å². The van der Waals surface area contributed by atoms with Gasteiger partial charge < -0.3 is 5.32 Å². The van der Waals surface area contributed by atoms with Gasteiger partial charge in [0.25, 0.3) is 11.6 Å². The fourth-order valence-corrected chi connectivity index (χ4v) is 4.14. The van der Waals surface area contributed by atoms with Crippen molar-refractivity contribution in [2.75, 3.05) is 6.54 Å². The van der Waals surface area contributed by atoms with Gasteiger partial charge >= 0.3 is 5.69 Å². The van der Waals surface area contributed by atoms with E-state index in [9.17, 15) is 29.3 Å². The van der Waals surface area contributed by atoms with Crippen LogP contribution in [0.25, 0.3) is 11.0 Å². The predicted molar refractivity (Wildman–Crippen MR) is 130 cm³/mol. The van der Waals surface area contributed by atoms with Crippen LogP contribution in [0.3, 0.4) is 0 Å². The topological polar surface area (TPSA) is 145 Å². The summed E-state index contributed by atoms with van der Waals surface area (Å²) < 4.78 is 2.86. The lowest BCUT2D eigenvalue weighted by Gasteiger charge is -2.21. The third kappa shape index (κ3) is 4.88. The number of unbranched alkanes of at least 4 members (excludes halogenated alkanes) is 1. The molecule has 1 fully saturated rings. The molecule has 0 aliphatic carbocycles. The van der Waals surface area contributed by atoms with Crippen LogP contribution in [-0.4, -0.2) is 38.3 Å². The van der Waals surface area contributed by atoms with Crippen molar-refractivity contribution in [2.45, 2.75) is 31.7 Å². The second-order valence-corrected chi connectivity index (χ2v) is 8.32. The summed E-state index contributed by atoms with van der Waals surface area (Å²) in [6.07, 6.45) is 1.49. The first-order chi connectivity index (χ1) is 17.3. The summed E-state index contributed by atoms with van der Waals surface area (Å²) in [6.45, 7) is 0.374. The fourth-order valence-electron chi connectivity index (χ4n) is 4.14. The maximum Gasteiger partial charge on any atom is 0.329 e. The number of hydrogen-bond donors (Lipinski definition) is 2. The molecule has 0 radical (unpaired) electrons. The quantitative estimate of drug-likeness (QED) is 0.178. The molecule has 36 heavy (non-hydrogen) atoms. The maximum absolute atomic E-state index is 13.0. The number of amides is 3. The molecule has 184 valence electrons. The van der Waals surface area contributed by atoms with Crippen LogP contribution in [0.15, 0.2) is 47.3 Å². The number of imidazole rings is 1. The van der Waals surface area contributed by atoms with E-state index in [1.54, 1.807) is 25.2 Å². The molecule has 0 spiro atoms. The number of para-hydroxylation sites is 1. The van der Waals surface area contributed by atoms with Gasteiger partial charge in [0.1, 0.15) is 6.04 Å². The molecule has 4 rings (SSSR count). The van der Waals surface area contributed by atoms with E-state index < -0.39 is 16.9 Å². The molecule has 1 aliphatic rings. The second kappa shape index (κ2) is 10.3. The van der Waals surface area contributed by atoms with Crippen molar-refractivity contribution in [3.63, 3.8) is 0 Å². The number of nitrogens with one attached hydrogen (secondary N) is 2. The first kappa shape index (κ1) is 24.4. The highest BCUT2D eigenvalue weighted by molar-refractivity contribution is 6.00. The number of fused-ring (bicyclic) bond motifs is 1. The number of benzene rings is 2. The monoisotopic (exact) mass is 489 g/mol. The fraction of sp³-hybridized carbons (Fsp3) is 0.280. The number of nitro benzene ring substituents is 1. The minimum absolute atomic E-state index is 0.0817. The molecule has 1 unspecified atom stereocenters. The molecule has 1 aromatic heterocycles. The summed E-state index contributed by atoms with van der Waals surface area (Å²) in [5.41, 5.74) is 1.70. The Kier molecular flexibility index (Phi) is 6.96. The van der Waals surface area contributed by atoms with E-state index in [1.165, 1.54) is 33.4 Å². The van der Waals surface area contributed by atoms with Gasteiger partial charge in [-0.05, 0) is 37.1 Å². The number of aromatic nitrogens is 2. The average molecular weight is 489 g/mol. The van der Waals surface area contributed by atoms with Crippen molar-refractivity contribution < 1.29 is 19.3 Å². The third-order valence-corrected chi connectivity index (χ3v) is 5.95. The molecular formula is C25H23N5O6. The van der Waals surface area contributed by atoms with E-state index in [0.717, 1.165) is 0 Å². The number of carbonyl (C=O) groups is 3. The van der Waals surface area contributed by atoms with Gasteiger partial charge in [-0.3, -0.25) is 38.9 Å². The molecule has 0 saturated carbocycles. The summed E-state index contributed by atoms with van der Waals surface area (Å²) in [5, 5.41) is 15.8. The van der Waals surface area contributed by atoms with Crippen LogP contribution in [0.4, 0.5) is 5.69 Å². The van der Waals surface area contributed by atoms with Crippen molar-refractivity contribution in [2.24, 2.45) is 7.05 Å². The highest BCUT2D eigenvalue weighted by Gasteiger charge is 2.31. The molecule has 2 N–H and O–H groups in total. The SMILES string of the molecule is Cn1c(=O)n(C2CCC(=O)NC2=O)c2cccc(C#CCCCNC(=O)c3ccc([N+](=O)[O-])cc3)c21. The zero-order valence-electron chi connectivity index (χ0n) is 19.4. The average Bonchev–Trinajstić information content (AvgIpc) is 3.11. The normalized spacial score (nSPS) is 15.2. The molecule has 1 saturated heterocycles. The smallest absolute Gasteiger partial charge is 0.329 e. The Bertz CT molecular complexity index is 1490. The number of piperidine rings is 1. The van der Waals surface area contributed by atoms with Crippen molar-refractivity contribution >= 4 is 34.4 Å². The van der Waals surface area contributed by atoms with Crippen LogP contribution in [0.2, 0.25) is 0 Å². The number of nitro groups is 1. The molecule has 1 atom stereocenters. The van der Waals surface area contributed by atoms with Gasteiger partial charge in [-0.2, -0.15) is 0 Å². The van der Waals surface area contributed by atoms with Crippen molar-refractivity contribution in [1.82, 2.24) is 19.8 Å². The predicted octanol–water partition coefficient (Wildman–Crippen LogP) is 1.79. The zero-order valence-corrected chi connectivity index (χ0v) is 19.4. The maximum atomic E-state index is 13.0. The lowest BCUT2D eigenvalue weighted by molar-refractivity contribution is -0.384. The van der Waals surface area contributed by atoms with Crippen LogP contribution in [0.5, 0.6) is 0 Å². The van der Waals surface area contributed by atoms with Gasteiger partial charge in [-0.15, -0.1) is 0 Å². The summed E-state index contributed by atoms with van der Waals surface area (Å²) in [7, 11) is 1.62.